The van der Waals surface area contributed by atoms with Crippen LogP contribution in [0.3, 0.4) is 0 Å². The predicted octanol–water partition coefficient (Wildman–Crippen LogP) is 5.38. The third-order valence-electron chi connectivity index (χ3n) is 4.55. The molecule has 5 nitrogen and oxygen atoms in total. The largest absolute Gasteiger partial charge is 0.280 e. The molecule has 0 radical (unpaired) electrons. The molecule has 0 bridgehead atoms. The van der Waals surface area contributed by atoms with Gasteiger partial charge in [-0.25, -0.2) is 8.42 Å². The zero-order valence-corrected chi connectivity index (χ0v) is 19.2. The minimum Gasteiger partial charge on any atom is -0.280 e. The first-order valence-electron chi connectivity index (χ1n) is 8.66. The monoisotopic (exact) mass is 481 g/mol. The summed E-state index contributed by atoms with van der Waals surface area (Å²) in [5, 5.41) is 5.06. The molecule has 3 rings (SSSR count). The quantitative estimate of drug-likeness (QED) is 0.531. The minimum atomic E-state index is -3.72. The third kappa shape index (κ3) is 4.26. The Bertz CT molecular complexity index is 1160. The zero-order chi connectivity index (χ0) is 20.6. The van der Waals surface area contributed by atoms with Crippen molar-refractivity contribution in [2.24, 2.45) is 0 Å². The Balaban J connectivity index is 1.88. The maximum atomic E-state index is 12.9. The molecule has 0 saturated carbocycles. The van der Waals surface area contributed by atoms with Crippen molar-refractivity contribution in [2.45, 2.75) is 39.1 Å². The van der Waals surface area contributed by atoms with E-state index in [2.05, 4.69) is 25.8 Å². The molecule has 0 aliphatic carbocycles. The predicted molar refractivity (Wildman–Crippen MR) is 117 cm³/mol. The van der Waals surface area contributed by atoms with E-state index >= 15 is 0 Å². The first kappa shape index (κ1) is 20.9. The van der Waals surface area contributed by atoms with Crippen LogP contribution in [0.2, 0.25) is 5.02 Å². The Labute approximate surface area is 178 Å². The highest BCUT2D eigenvalue weighted by molar-refractivity contribution is 9.10. The van der Waals surface area contributed by atoms with Gasteiger partial charge in [0.1, 0.15) is 0 Å². The number of sulfonamides is 1. The molecule has 0 aliphatic rings. The van der Waals surface area contributed by atoms with Gasteiger partial charge in [0.25, 0.3) is 10.0 Å². The van der Waals surface area contributed by atoms with Gasteiger partial charge in [-0.3, -0.25) is 9.40 Å². The Morgan fingerprint density at radius 2 is 1.82 bits per heavy atom. The fourth-order valence-electron chi connectivity index (χ4n) is 2.99. The highest BCUT2D eigenvalue weighted by Crippen LogP contribution is 2.26. The number of aryl methyl sites for hydroxylation is 3. The van der Waals surface area contributed by atoms with Gasteiger partial charge in [-0.2, -0.15) is 5.10 Å². The van der Waals surface area contributed by atoms with Gasteiger partial charge in [-0.15, -0.1) is 0 Å². The molecule has 8 heteroatoms. The second kappa shape index (κ2) is 7.89. The fourth-order valence-corrected chi connectivity index (χ4v) is 4.85. The first-order chi connectivity index (χ1) is 13.1. The van der Waals surface area contributed by atoms with Gasteiger partial charge < -0.3 is 0 Å². The molecule has 0 unspecified atom stereocenters. The molecule has 1 N–H and O–H groups in total. The van der Waals surface area contributed by atoms with Crippen molar-refractivity contribution >= 4 is 43.2 Å². The van der Waals surface area contributed by atoms with Gasteiger partial charge in [0.15, 0.2) is 0 Å². The van der Waals surface area contributed by atoms with Crippen LogP contribution in [0.4, 0.5) is 5.69 Å². The Morgan fingerprint density at radius 1 is 1.11 bits per heavy atom. The molecule has 0 saturated heterocycles. The molecule has 0 atom stereocenters. The third-order valence-corrected chi connectivity index (χ3v) is 7.63. The lowest BCUT2D eigenvalue weighted by molar-refractivity contribution is 0.600. The summed E-state index contributed by atoms with van der Waals surface area (Å²) in [5.74, 6) is 0. The number of rotatable bonds is 5. The van der Waals surface area contributed by atoms with Gasteiger partial charge in [0.05, 0.1) is 27.3 Å². The van der Waals surface area contributed by atoms with Gasteiger partial charge >= 0.3 is 0 Å². The Kier molecular flexibility index (Phi) is 5.89. The molecule has 0 aliphatic heterocycles. The Hall–Kier alpha value is -1.83. The fraction of sp³-hybridized carbons (Fsp3) is 0.250. The number of hydrogen-bond acceptors (Lipinski definition) is 3. The summed E-state index contributed by atoms with van der Waals surface area (Å²) in [6.45, 7) is 7.99. The van der Waals surface area contributed by atoms with Crippen molar-refractivity contribution in [3.8, 4) is 0 Å². The van der Waals surface area contributed by atoms with E-state index in [1.165, 1.54) is 0 Å². The topological polar surface area (TPSA) is 64.0 Å². The first-order valence-corrected chi connectivity index (χ1v) is 11.3. The van der Waals surface area contributed by atoms with Crippen LogP contribution in [0.25, 0.3) is 0 Å². The number of aromatic nitrogens is 2. The summed E-state index contributed by atoms with van der Waals surface area (Å²) in [4.78, 5) is 0.224. The molecule has 2 aromatic carbocycles. The lowest BCUT2D eigenvalue weighted by Crippen LogP contribution is -2.15. The molecular weight excluding hydrogens is 462 g/mol. The molecule has 1 heterocycles. The van der Waals surface area contributed by atoms with Crippen molar-refractivity contribution in [1.82, 2.24) is 9.78 Å². The van der Waals surface area contributed by atoms with E-state index in [4.69, 9.17) is 11.6 Å². The normalized spacial score (nSPS) is 11.6. The SMILES string of the molecule is Cc1cc(S(=O)(=O)Nc2cccc(Cn3nc(C)c(Br)c3C)c2)c(C)cc1Cl. The van der Waals surface area contributed by atoms with E-state index in [0.29, 0.717) is 22.8 Å². The number of nitrogens with one attached hydrogen (secondary N) is 1. The number of hydrogen-bond donors (Lipinski definition) is 1. The zero-order valence-electron chi connectivity index (χ0n) is 16.0. The second-order valence-corrected chi connectivity index (χ2v) is 9.67. The lowest BCUT2D eigenvalue weighted by Gasteiger charge is -2.13. The van der Waals surface area contributed by atoms with Crippen LogP contribution in [-0.2, 0) is 16.6 Å². The molecule has 148 valence electrons. The van der Waals surface area contributed by atoms with E-state index < -0.39 is 10.0 Å². The summed E-state index contributed by atoms with van der Waals surface area (Å²) in [6, 6.07) is 10.6. The van der Waals surface area contributed by atoms with Gasteiger partial charge in [0.2, 0.25) is 0 Å². The van der Waals surface area contributed by atoms with Crippen LogP contribution in [0, 0.1) is 27.7 Å². The summed E-state index contributed by atoms with van der Waals surface area (Å²) in [6.07, 6.45) is 0. The van der Waals surface area contributed by atoms with Gasteiger partial charge in [0, 0.05) is 10.7 Å². The second-order valence-electron chi connectivity index (χ2n) is 6.82. The van der Waals surface area contributed by atoms with E-state index in [9.17, 15) is 8.42 Å². The van der Waals surface area contributed by atoms with Gasteiger partial charge in [-0.1, -0.05) is 23.7 Å². The van der Waals surface area contributed by atoms with E-state index in [1.54, 1.807) is 32.0 Å². The smallest absolute Gasteiger partial charge is 0.262 e. The highest BCUT2D eigenvalue weighted by atomic mass is 79.9. The summed E-state index contributed by atoms with van der Waals surface area (Å²) in [5.41, 5.74) is 4.72. The summed E-state index contributed by atoms with van der Waals surface area (Å²) < 4.78 is 31.3. The van der Waals surface area contributed by atoms with Crippen LogP contribution in [0.5, 0.6) is 0 Å². The van der Waals surface area contributed by atoms with E-state index in [-0.39, 0.29) is 4.90 Å². The lowest BCUT2D eigenvalue weighted by atomic mass is 10.2. The van der Waals surface area contributed by atoms with Gasteiger partial charge in [-0.05, 0) is 84.6 Å². The molecule has 28 heavy (non-hydrogen) atoms. The molecule has 0 amide bonds. The molecule has 3 aromatic rings. The average Bonchev–Trinajstić information content (AvgIpc) is 2.85. The summed E-state index contributed by atoms with van der Waals surface area (Å²) >= 11 is 9.62. The number of anilines is 1. The van der Waals surface area contributed by atoms with Crippen molar-refractivity contribution in [2.75, 3.05) is 4.72 Å². The van der Waals surface area contributed by atoms with Crippen LogP contribution >= 0.6 is 27.5 Å². The van der Waals surface area contributed by atoms with Crippen molar-refractivity contribution < 1.29 is 8.42 Å². The molecule has 0 spiro atoms. The van der Waals surface area contributed by atoms with Crippen LogP contribution in [0.15, 0.2) is 45.8 Å². The number of nitrogens with zero attached hydrogens (tertiary/aromatic N) is 2. The van der Waals surface area contributed by atoms with Crippen LogP contribution in [0.1, 0.15) is 28.1 Å². The van der Waals surface area contributed by atoms with Crippen LogP contribution in [-0.4, -0.2) is 18.2 Å². The van der Waals surface area contributed by atoms with E-state index in [0.717, 1.165) is 27.0 Å². The van der Waals surface area contributed by atoms with Crippen molar-refractivity contribution in [3.63, 3.8) is 0 Å². The van der Waals surface area contributed by atoms with E-state index in [1.807, 2.05) is 36.7 Å². The molecule has 0 fully saturated rings. The van der Waals surface area contributed by atoms with Crippen LogP contribution < -0.4 is 4.72 Å². The van der Waals surface area contributed by atoms with Crippen molar-refractivity contribution in [3.05, 3.63) is 74.0 Å². The maximum Gasteiger partial charge on any atom is 0.262 e. The number of benzene rings is 2. The average molecular weight is 483 g/mol. The van der Waals surface area contributed by atoms with Crippen molar-refractivity contribution in [1.29, 1.82) is 0 Å². The maximum absolute atomic E-state index is 12.9. The minimum absolute atomic E-state index is 0.224. The number of halogens is 2. The molecular formula is C20H21BrClN3O2S. The molecule has 1 aromatic heterocycles. The summed E-state index contributed by atoms with van der Waals surface area (Å²) in [7, 11) is -3.72. The highest BCUT2D eigenvalue weighted by Gasteiger charge is 2.19. The Morgan fingerprint density at radius 3 is 2.46 bits per heavy atom. The standard InChI is InChI=1S/C20H21BrClN3O2S/c1-12-9-19(13(2)8-18(12)22)28(26,27)24-17-7-5-6-16(10-17)11-25-15(4)20(21)14(3)23-25/h5-10,24H,11H2,1-4H3.